The van der Waals surface area contributed by atoms with Gasteiger partial charge < -0.3 is 59.5 Å². The number of ether oxygens (including phenoxy) is 6. The van der Waals surface area contributed by atoms with Gasteiger partial charge >= 0.3 is 6.18 Å². The molecule has 1 aliphatic rings. The Morgan fingerprint density at radius 2 is 0.980 bits per heavy atom. The highest BCUT2D eigenvalue weighted by Crippen LogP contribution is 2.39. The first-order valence-corrected chi connectivity index (χ1v) is 31.6. The fraction of sp³-hybridized carbons (Fsp3) is 0.268. The van der Waals surface area contributed by atoms with E-state index in [4.69, 9.17) is 49.1 Å². The molecular weight excluding hydrogens is 1270 g/mol. The zero-order valence-corrected chi connectivity index (χ0v) is 56.2. The highest BCUT2D eigenvalue weighted by molar-refractivity contribution is 5.92. The molecule has 13 rings (SSSR count). The van der Waals surface area contributed by atoms with Gasteiger partial charge in [-0.15, -0.1) is 0 Å². The molecule has 99 heavy (non-hydrogen) atoms. The number of nitrogens with two attached hydrogens (primary N) is 1. The maximum absolute atomic E-state index is 12.5. The Hall–Kier alpha value is -11.7. The lowest BCUT2D eigenvalue weighted by atomic mass is 10.1. The van der Waals surface area contributed by atoms with Crippen molar-refractivity contribution in [1.82, 2.24) is 70.3 Å². The quantitative estimate of drug-likeness (QED) is 0.0409. The monoisotopic (exact) mass is 1350 g/mol. The lowest BCUT2D eigenvalue weighted by Gasteiger charge is -2.31. The highest BCUT2D eigenvalue weighted by atomic mass is 19.4. The normalized spacial score (nSPS) is 12.2. The summed E-state index contributed by atoms with van der Waals surface area (Å²) in [5, 5.41) is 21.0. The standard InChI is InChI=1S/C24H25F3N6O2.C24H25N7O2.C23H26N6O2/c1-34-19-8-18(9-20(11-19)35-2)33(7-3-6-28-15-24(25,26)27)17-4-5-21-22(10-17)32-23(14-29-21)16-12-30-31-13-16;1-30-14-16(12-28-30)23-13-27-21-5-4-17(10-22(21)29-23)31(15-24-25-6-7-26-24)18-8-19(32-2)11-20(9-18)33-3;1-15(11-24)29(18-7-19(30-3)10-20(8-18)31-4)17-5-6-21-22(9-17)27-23(13-25-21)16-12-26-28(2)14-16/h4-5,8-14,28H,3,6-7,15H2,1-2H3,(H,30,31);4-5,8-14H,6-7,15H2,1-3H3,(H,25,26);5-10,12-15H,11,24H2,1-4H3/t;;15-/m..0/s1. The minimum absolute atomic E-state index is 0.0312. The van der Waals surface area contributed by atoms with Crippen LogP contribution in [0.5, 0.6) is 34.5 Å². The number of anilines is 6. The van der Waals surface area contributed by atoms with Crippen LogP contribution in [-0.2, 0) is 14.1 Å². The van der Waals surface area contributed by atoms with Crippen LogP contribution in [0, 0.1) is 0 Å². The molecular formula is C71H76F3N19O6. The number of hydrogen-bond donors (Lipinski definition) is 4. The zero-order valence-electron chi connectivity index (χ0n) is 56.2. The fourth-order valence-electron chi connectivity index (χ4n) is 11.0. The molecule has 0 saturated heterocycles. The molecule has 1 aliphatic heterocycles. The number of nitrogens with zero attached hydrogens (tertiary/aromatic N) is 15. The minimum atomic E-state index is -4.25. The Balaban J connectivity index is 0.000000150. The third-order valence-electron chi connectivity index (χ3n) is 16.1. The van der Waals surface area contributed by atoms with Crippen LogP contribution in [0.15, 0.2) is 170 Å². The molecule has 0 aliphatic carbocycles. The van der Waals surface area contributed by atoms with Crippen LogP contribution < -0.4 is 59.5 Å². The van der Waals surface area contributed by atoms with E-state index in [0.29, 0.717) is 60.3 Å². The van der Waals surface area contributed by atoms with Crippen molar-refractivity contribution in [2.24, 2.45) is 24.8 Å². The van der Waals surface area contributed by atoms with Gasteiger partial charge in [-0.1, -0.05) is 0 Å². The molecule has 0 amide bonds. The van der Waals surface area contributed by atoms with Crippen molar-refractivity contribution < 1.29 is 41.6 Å². The predicted molar refractivity (Wildman–Crippen MR) is 378 cm³/mol. The molecule has 12 aromatic rings. The van der Waals surface area contributed by atoms with Gasteiger partial charge in [-0.2, -0.15) is 28.5 Å². The number of H-pyrrole nitrogens is 1. The molecule has 1 atom stereocenters. The summed E-state index contributed by atoms with van der Waals surface area (Å²) in [5.74, 6) is 4.99. The molecule has 0 fully saturated rings. The molecule has 6 aromatic carbocycles. The number of aliphatic imine (C=N–C) groups is 1. The van der Waals surface area contributed by atoms with Crippen LogP contribution in [0.2, 0.25) is 0 Å². The highest BCUT2D eigenvalue weighted by Gasteiger charge is 2.27. The predicted octanol–water partition coefficient (Wildman–Crippen LogP) is 11.4. The average molecular weight is 1350 g/mol. The van der Waals surface area contributed by atoms with E-state index in [2.05, 4.69) is 67.7 Å². The second-order valence-corrected chi connectivity index (χ2v) is 22.9. The van der Waals surface area contributed by atoms with Crippen LogP contribution in [0.1, 0.15) is 13.3 Å². The summed E-state index contributed by atoms with van der Waals surface area (Å²) in [5.41, 5.74) is 20.9. The maximum atomic E-state index is 12.5. The number of hydrogen-bond acceptors (Lipinski definition) is 22. The Labute approximate surface area is 569 Å². The van der Waals surface area contributed by atoms with Crippen LogP contribution in [0.3, 0.4) is 0 Å². The Kier molecular flexibility index (Phi) is 21.9. The summed E-state index contributed by atoms with van der Waals surface area (Å²) < 4.78 is 73.8. The number of methoxy groups -OCH3 is 6. The van der Waals surface area contributed by atoms with E-state index in [1.807, 2.05) is 135 Å². The number of rotatable bonds is 24. The Bertz CT molecular complexity index is 4680. The van der Waals surface area contributed by atoms with Gasteiger partial charge in [0.15, 0.2) is 0 Å². The van der Waals surface area contributed by atoms with E-state index in [1.54, 1.807) is 101 Å². The van der Waals surface area contributed by atoms with Crippen molar-refractivity contribution in [3.63, 3.8) is 0 Å². The second-order valence-electron chi connectivity index (χ2n) is 22.9. The Morgan fingerprint density at radius 3 is 1.39 bits per heavy atom. The van der Waals surface area contributed by atoms with Crippen LogP contribution >= 0.6 is 0 Å². The number of alkyl halides is 3. The molecule has 0 radical (unpaired) electrons. The summed E-state index contributed by atoms with van der Waals surface area (Å²) in [6.07, 6.45) is 12.3. The summed E-state index contributed by atoms with van der Waals surface area (Å²) in [6.45, 7) is 4.38. The van der Waals surface area contributed by atoms with Gasteiger partial charge in [0.25, 0.3) is 0 Å². The van der Waals surface area contributed by atoms with Gasteiger partial charge in [0.05, 0.1) is 150 Å². The number of halogens is 3. The third-order valence-corrected chi connectivity index (χ3v) is 16.1. The van der Waals surface area contributed by atoms with Gasteiger partial charge in [-0.25, -0.2) is 15.0 Å². The number of aromatic amines is 1. The molecule has 7 heterocycles. The summed E-state index contributed by atoms with van der Waals surface area (Å²) >= 11 is 0. The van der Waals surface area contributed by atoms with Crippen molar-refractivity contribution in [1.29, 1.82) is 0 Å². The molecule has 512 valence electrons. The first-order valence-electron chi connectivity index (χ1n) is 31.6. The van der Waals surface area contributed by atoms with Crippen molar-refractivity contribution in [3.05, 3.63) is 165 Å². The summed E-state index contributed by atoms with van der Waals surface area (Å²) in [7, 11) is 13.5. The molecule has 0 unspecified atom stereocenters. The number of aromatic nitrogens is 12. The van der Waals surface area contributed by atoms with Crippen LogP contribution in [-0.4, -0.2) is 166 Å². The average Bonchev–Trinajstić information content (AvgIpc) is 1.55. The van der Waals surface area contributed by atoms with E-state index < -0.39 is 12.7 Å². The number of benzene rings is 6. The van der Waals surface area contributed by atoms with Gasteiger partial charge in [-0.05, 0) is 74.5 Å². The molecule has 6 aromatic heterocycles. The topological polar surface area (TPSA) is 269 Å². The lowest BCUT2D eigenvalue weighted by Crippen LogP contribution is -2.34. The molecule has 25 nitrogen and oxygen atoms in total. The summed E-state index contributed by atoms with van der Waals surface area (Å²) in [6, 6.07) is 34.9. The van der Waals surface area contributed by atoms with Crippen molar-refractivity contribution in [2.45, 2.75) is 25.6 Å². The largest absolute Gasteiger partial charge is 0.497 e. The molecule has 28 heteroatoms. The van der Waals surface area contributed by atoms with Gasteiger partial charge in [0.2, 0.25) is 0 Å². The first-order chi connectivity index (χ1) is 48.0. The van der Waals surface area contributed by atoms with E-state index >= 15 is 0 Å². The van der Waals surface area contributed by atoms with E-state index in [9.17, 15) is 13.2 Å². The molecule has 0 bridgehead atoms. The first kappa shape index (κ1) is 68.7. The second kappa shape index (κ2) is 31.5. The number of nitrogens with one attached hydrogen (secondary N) is 3. The number of amidine groups is 1. The van der Waals surface area contributed by atoms with Gasteiger partial charge in [-0.3, -0.25) is 34.4 Å². The Morgan fingerprint density at radius 1 is 0.535 bits per heavy atom. The SMILES string of the molecule is COc1cc(OC)cc(N(CC2=NCCN2)c2ccc3ncc(-c4cnn(C)c4)nc3c2)c1.COc1cc(OC)cc(N(CCCNCC(F)(F)F)c2ccc3ncc(-c4cn[nH]c4)nc3c2)c1.COc1cc(OC)cc(N(c2ccc3ncc(-c4cnn(C)c4)nc3c2)[C@@H](C)CN)c1. The number of fused-ring (bicyclic) bond motifs is 3. The van der Waals surface area contributed by atoms with E-state index in [-0.39, 0.29) is 12.6 Å². The van der Waals surface area contributed by atoms with Gasteiger partial charge in [0, 0.05) is 164 Å². The fourth-order valence-corrected chi connectivity index (χ4v) is 11.0. The van der Waals surface area contributed by atoms with E-state index in [1.165, 1.54) is 0 Å². The zero-order chi connectivity index (χ0) is 69.6. The van der Waals surface area contributed by atoms with Crippen molar-refractivity contribution in [2.75, 3.05) is 103 Å². The molecule has 0 spiro atoms. The minimum Gasteiger partial charge on any atom is -0.497 e. The third kappa shape index (κ3) is 17.1. The lowest BCUT2D eigenvalue weighted by molar-refractivity contribution is -0.124. The van der Waals surface area contributed by atoms with Crippen molar-refractivity contribution in [3.8, 4) is 68.3 Å². The van der Waals surface area contributed by atoms with Gasteiger partial charge in [0.1, 0.15) is 40.3 Å². The number of aryl methyl sites for hydroxylation is 2. The maximum Gasteiger partial charge on any atom is 0.401 e. The molecule has 0 saturated carbocycles. The summed E-state index contributed by atoms with van der Waals surface area (Å²) in [4.78, 5) is 39.0. The van der Waals surface area contributed by atoms with Crippen molar-refractivity contribution >= 4 is 73.1 Å². The smallest absolute Gasteiger partial charge is 0.401 e. The molecule has 5 N–H and O–H groups in total. The van der Waals surface area contributed by atoms with Crippen LogP contribution in [0.4, 0.5) is 47.3 Å². The van der Waals surface area contributed by atoms with E-state index in [0.717, 1.165) is 120 Å². The van der Waals surface area contributed by atoms with Crippen LogP contribution in [0.25, 0.3) is 66.9 Å².